The van der Waals surface area contributed by atoms with E-state index in [2.05, 4.69) is 240 Å². The highest BCUT2D eigenvalue weighted by atomic mass is 15.1. The van der Waals surface area contributed by atoms with Crippen molar-refractivity contribution in [2.45, 2.75) is 5.41 Å². The summed E-state index contributed by atoms with van der Waals surface area (Å²) in [6, 6.07) is 84.2. The molecule has 13 aromatic rings. The van der Waals surface area contributed by atoms with Crippen LogP contribution in [0.15, 0.2) is 231 Å². The molecule has 1 spiro atoms. The number of fused-ring (bicyclic) bond motifs is 17. The minimum Gasteiger partial charge on any atom is -0.309 e. The highest BCUT2D eigenvalue weighted by Crippen LogP contribution is 2.63. The molecule has 67 heavy (non-hydrogen) atoms. The van der Waals surface area contributed by atoms with Crippen LogP contribution in [0.4, 0.5) is 0 Å². The number of aromatic nitrogens is 4. The fourth-order valence-electron chi connectivity index (χ4n) is 12.1. The maximum absolute atomic E-state index is 5.69. The Balaban J connectivity index is 0.941. The van der Waals surface area contributed by atoms with Crippen LogP contribution < -0.4 is 0 Å². The lowest BCUT2D eigenvalue weighted by Gasteiger charge is -2.30. The Kier molecular flexibility index (Phi) is 7.40. The lowest BCUT2D eigenvalue weighted by molar-refractivity contribution is 0.794. The molecule has 2 aliphatic carbocycles. The molecule has 0 aliphatic heterocycles. The summed E-state index contributed by atoms with van der Waals surface area (Å²) in [6.07, 6.45) is 0. The van der Waals surface area contributed by atoms with Crippen LogP contribution in [-0.2, 0) is 5.41 Å². The molecule has 0 fully saturated rings. The van der Waals surface area contributed by atoms with E-state index in [1.165, 1.54) is 88.2 Å². The van der Waals surface area contributed by atoms with Gasteiger partial charge in [0, 0.05) is 38.2 Å². The molecule has 4 heteroatoms. The molecule has 15 rings (SSSR count). The smallest absolute Gasteiger partial charge is 0.162 e. The van der Waals surface area contributed by atoms with Gasteiger partial charge in [0.2, 0.25) is 0 Å². The summed E-state index contributed by atoms with van der Waals surface area (Å²) in [5, 5.41) is 5.84. The van der Waals surface area contributed by atoms with Crippen molar-refractivity contribution in [3.63, 3.8) is 0 Å². The Morgan fingerprint density at radius 1 is 0.313 bits per heavy atom. The van der Waals surface area contributed by atoms with Crippen molar-refractivity contribution in [3.05, 3.63) is 253 Å². The molecule has 0 atom stereocenters. The zero-order chi connectivity index (χ0) is 43.8. The largest absolute Gasteiger partial charge is 0.309 e. The summed E-state index contributed by atoms with van der Waals surface area (Å²) in [7, 11) is 0. The Bertz CT molecular complexity index is 4180. The maximum Gasteiger partial charge on any atom is 0.162 e. The SMILES string of the molecule is c1ccc(-n2c3ccccc3c3cc(-c4ccc5c(c4)c4ccccc4n5-c4nc(-c5cccc6c5-c5ccccc5C65c6ccccc6-c6ccccc65)nc5ccccc45)ccc32)cc1. The van der Waals surface area contributed by atoms with E-state index in [4.69, 9.17) is 9.97 Å². The van der Waals surface area contributed by atoms with E-state index in [9.17, 15) is 0 Å². The molecule has 0 saturated carbocycles. The van der Waals surface area contributed by atoms with Crippen molar-refractivity contribution >= 4 is 54.5 Å². The minimum absolute atomic E-state index is 0.456. The Labute approximate surface area is 386 Å². The van der Waals surface area contributed by atoms with Crippen LogP contribution in [0.1, 0.15) is 22.3 Å². The standard InChI is InChI=1S/C63H38N4/c1-2-17-41(18-3-1)66-56-31-14-8-21-44(56)49-37-39(33-35-58(49)66)40-34-36-59-50(38-40)45-22-9-15-32-57(45)67(59)62-47-24-7-13-30-55(47)64-61(65-62)48-25-16-29-54-60(48)46-23-6-12-28-53(46)63(54)51-26-10-4-19-42(51)43-20-5-11-27-52(43)63/h1-38H. The Hall–Kier alpha value is -8.86. The van der Waals surface area contributed by atoms with Gasteiger partial charge >= 0.3 is 0 Å². The van der Waals surface area contributed by atoms with Crippen molar-refractivity contribution < 1.29 is 0 Å². The molecule has 0 saturated heterocycles. The van der Waals surface area contributed by atoms with E-state index in [-0.39, 0.29) is 0 Å². The van der Waals surface area contributed by atoms with Crippen molar-refractivity contribution in [2.24, 2.45) is 0 Å². The van der Waals surface area contributed by atoms with Gasteiger partial charge in [-0.05, 0) is 116 Å². The number of hydrogen-bond acceptors (Lipinski definition) is 2. The molecule has 0 N–H and O–H groups in total. The zero-order valence-corrected chi connectivity index (χ0v) is 36.2. The molecular formula is C63H38N4. The first-order chi connectivity index (χ1) is 33.3. The first-order valence-electron chi connectivity index (χ1n) is 23.1. The van der Waals surface area contributed by atoms with E-state index in [1.807, 2.05) is 0 Å². The minimum atomic E-state index is -0.456. The van der Waals surface area contributed by atoms with Crippen LogP contribution in [0.3, 0.4) is 0 Å². The molecule has 4 nitrogen and oxygen atoms in total. The fourth-order valence-corrected chi connectivity index (χ4v) is 12.1. The first-order valence-corrected chi connectivity index (χ1v) is 23.1. The topological polar surface area (TPSA) is 35.6 Å². The van der Waals surface area contributed by atoms with Gasteiger partial charge < -0.3 is 4.57 Å². The molecule has 310 valence electrons. The molecule has 0 unspecified atom stereocenters. The van der Waals surface area contributed by atoms with E-state index in [0.29, 0.717) is 5.82 Å². The molecular weight excluding hydrogens is 813 g/mol. The second kappa shape index (κ2) is 13.6. The van der Waals surface area contributed by atoms with Gasteiger partial charge in [0.15, 0.2) is 5.82 Å². The summed E-state index contributed by atoms with van der Waals surface area (Å²) < 4.78 is 4.74. The van der Waals surface area contributed by atoms with Crippen molar-refractivity contribution in [1.29, 1.82) is 0 Å². The van der Waals surface area contributed by atoms with Crippen LogP contribution in [0, 0.1) is 0 Å². The number of benzene rings is 10. The van der Waals surface area contributed by atoms with Gasteiger partial charge in [-0.3, -0.25) is 4.57 Å². The van der Waals surface area contributed by atoms with Gasteiger partial charge in [-0.25, -0.2) is 9.97 Å². The normalized spacial score (nSPS) is 13.2. The van der Waals surface area contributed by atoms with Gasteiger partial charge in [0.25, 0.3) is 0 Å². The van der Waals surface area contributed by atoms with Crippen LogP contribution in [0.25, 0.3) is 111 Å². The average Bonchev–Trinajstić information content (AvgIpc) is 4.10. The number of para-hydroxylation sites is 4. The third-order valence-corrected chi connectivity index (χ3v) is 14.7. The highest BCUT2D eigenvalue weighted by molar-refractivity contribution is 6.13. The predicted octanol–water partition coefficient (Wildman–Crippen LogP) is 15.5. The third kappa shape index (κ3) is 4.86. The van der Waals surface area contributed by atoms with Gasteiger partial charge in [-0.15, -0.1) is 0 Å². The van der Waals surface area contributed by atoms with Crippen molar-refractivity contribution in [2.75, 3.05) is 0 Å². The first kappa shape index (κ1) is 36.5. The zero-order valence-electron chi connectivity index (χ0n) is 36.2. The van der Waals surface area contributed by atoms with Gasteiger partial charge in [0.05, 0.1) is 33.0 Å². The molecule has 0 radical (unpaired) electrons. The van der Waals surface area contributed by atoms with Gasteiger partial charge in [-0.1, -0.05) is 170 Å². The number of rotatable bonds is 4. The van der Waals surface area contributed by atoms with Gasteiger partial charge in [0.1, 0.15) is 5.82 Å². The average molecular weight is 851 g/mol. The molecule has 0 bridgehead atoms. The van der Waals surface area contributed by atoms with E-state index in [0.717, 1.165) is 39.0 Å². The summed E-state index contributed by atoms with van der Waals surface area (Å²) in [4.78, 5) is 11.1. The quantitative estimate of drug-likeness (QED) is 0.177. The monoisotopic (exact) mass is 850 g/mol. The van der Waals surface area contributed by atoms with E-state index < -0.39 is 5.41 Å². The summed E-state index contributed by atoms with van der Waals surface area (Å²) in [5.74, 6) is 1.58. The Morgan fingerprint density at radius 3 is 1.46 bits per heavy atom. The summed E-state index contributed by atoms with van der Waals surface area (Å²) in [5.41, 5.74) is 19.8. The second-order valence-corrected chi connectivity index (χ2v) is 18.0. The molecule has 10 aromatic carbocycles. The molecule has 0 amide bonds. The lowest BCUT2D eigenvalue weighted by Crippen LogP contribution is -2.25. The molecule has 3 heterocycles. The van der Waals surface area contributed by atoms with Crippen LogP contribution in [-0.4, -0.2) is 19.1 Å². The summed E-state index contributed by atoms with van der Waals surface area (Å²) >= 11 is 0. The summed E-state index contributed by atoms with van der Waals surface area (Å²) in [6.45, 7) is 0. The predicted molar refractivity (Wildman–Crippen MR) is 275 cm³/mol. The van der Waals surface area contributed by atoms with Crippen molar-refractivity contribution in [3.8, 4) is 56.3 Å². The molecule has 3 aromatic heterocycles. The van der Waals surface area contributed by atoms with Crippen molar-refractivity contribution in [1.82, 2.24) is 19.1 Å². The van der Waals surface area contributed by atoms with Gasteiger partial charge in [-0.2, -0.15) is 0 Å². The lowest BCUT2D eigenvalue weighted by atomic mass is 9.70. The number of hydrogen-bond donors (Lipinski definition) is 0. The van der Waals surface area contributed by atoms with Crippen LogP contribution in [0.5, 0.6) is 0 Å². The van der Waals surface area contributed by atoms with E-state index in [1.54, 1.807) is 0 Å². The molecule has 2 aliphatic rings. The highest BCUT2D eigenvalue weighted by Gasteiger charge is 2.52. The fraction of sp³-hybridized carbons (Fsp3) is 0.0159. The maximum atomic E-state index is 5.69. The van der Waals surface area contributed by atoms with Crippen LogP contribution >= 0.6 is 0 Å². The Morgan fingerprint density at radius 2 is 0.791 bits per heavy atom. The number of nitrogens with zero attached hydrogens (tertiary/aromatic N) is 4. The second-order valence-electron chi connectivity index (χ2n) is 18.0. The van der Waals surface area contributed by atoms with E-state index >= 15 is 0 Å². The van der Waals surface area contributed by atoms with Crippen LogP contribution in [0.2, 0.25) is 0 Å². The third-order valence-electron chi connectivity index (χ3n) is 14.7.